The molecule has 0 aliphatic heterocycles. The lowest BCUT2D eigenvalue weighted by molar-refractivity contribution is -0.117. The third-order valence-corrected chi connectivity index (χ3v) is 5.18. The van der Waals surface area contributed by atoms with Crippen LogP contribution in [0, 0.1) is 5.92 Å². The number of hydrogen-bond donors (Lipinski definition) is 1. The first-order valence-electron chi connectivity index (χ1n) is 8.16. The van der Waals surface area contributed by atoms with E-state index in [2.05, 4.69) is 15.4 Å². The Morgan fingerprint density at radius 1 is 1.20 bits per heavy atom. The fourth-order valence-corrected chi connectivity index (χ4v) is 3.50. The lowest BCUT2D eigenvalue weighted by atomic mass is 10.1. The Balaban J connectivity index is 1.55. The maximum atomic E-state index is 12.7. The Bertz CT molecular complexity index is 879. The van der Waals surface area contributed by atoms with Crippen molar-refractivity contribution in [1.82, 2.24) is 14.8 Å². The molecule has 3 aromatic rings. The summed E-state index contributed by atoms with van der Waals surface area (Å²) in [5.41, 5.74) is 2.06. The van der Waals surface area contributed by atoms with Gasteiger partial charge in [-0.2, -0.15) is 5.10 Å². The molecule has 5 nitrogen and oxygen atoms in total. The highest BCUT2D eigenvalue weighted by atomic mass is 32.2. The van der Waals surface area contributed by atoms with Gasteiger partial charge in [0.05, 0.1) is 16.8 Å². The van der Waals surface area contributed by atoms with E-state index in [9.17, 15) is 4.79 Å². The molecule has 1 fully saturated rings. The molecule has 4 rings (SSSR count). The highest BCUT2D eigenvalue weighted by Crippen LogP contribution is 2.48. The van der Waals surface area contributed by atoms with Gasteiger partial charge in [0.2, 0.25) is 5.91 Å². The molecule has 1 N–H and O–H groups in total. The predicted octanol–water partition coefficient (Wildman–Crippen LogP) is 3.73. The van der Waals surface area contributed by atoms with Crippen LogP contribution in [0.1, 0.15) is 17.9 Å². The van der Waals surface area contributed by atoms with Crippen molar-refractivity contribution in [2.75, 3.05) is 11.6 Å². The van der Waals surface area contributed by atoms with Gasteiger partial charge in [0.1, 0.15) is 5.82 Å². The van der Waals surface area contributed by atoms with Crippen LogP contribution in [-0.4, -0.2) is 26.9 Å². The van der Waals surface area contributed by atoms with Crippen molar-refractivity contribution in [3.05, 3.63) is 66.6 Å². The number of rotatable bonds is 5. The first kappa shape index (κ1) is 15.9. The fourth-order valence-electron chi connectivity index (χ4n) is 3.02. The topological polar surface area (TPSA) is 59.8 Å². The Hall–Kier alpha value is -2.60. The molecule has 2 heterocycles. The molecule has 0 radical (unpaired) electrons. The molecule has 0 saturated heterocycles. The summed E-state index contributed by atoms with van der Waals surface area (Å²) < 4.78 is 1.78. The highest BCUT2D eigenvalue weighted by molar-refractivity contribution is 7.98. The second-order valence-electron chi connectivity index (χ2n) is 6.03. The number of nitrogens with one attached hydrogen (secondary N) is 1. The molecule has 126 valence electrons. The van der Waals surface area contributed by atoms with Crippen LogP contribution in [0.25, 0.3) is 5.69 Å². The number of nitrogens with zero attached hydrogens (tertiary/aromatic N) is 3. The number of carbonyl (C=O) groups is 1. The number of benzene rings is 1. The molecule has 2 aromatic heterocycles. The zero-order chi connectivity index (χ0) is 17.2. The van der Waals surface area contributed by atoms with Crippen LogP contribution in [0.5, 0.6) is 0 Å². The highest BCUT2D eigenvalue weighted by Gasteiger charge is 2.44. The predicted molar refractivity (Wildman–Crippen MR) is 99.1 cm³/mol. The lowest BCUT2D eigenvalue weighted by Crippen LogP contribution is -2.18. The van der Waals surface area contributed by atoms with Crippen LogP contribution in [0.4, 0.5) is 5.82 Å². The number of carbonyl (C=O) groups excluding carboxylic acids is 1. The lowest BCUT2D eigenvalue weighted by Gasteiger charge is -2.10. The normalized spacial score (nSPS) is 18.8. The molecule has 25 heavy (non-hydrogen) atoms. The minimum Gasteiger partial charge on any atom is -0.309 e. The SMILES string of the molecule is CSc1cnn(-c2ccccc2)c1NC(=O)C1CC1c1cccnc1. The Morgan fingerprint density at radius 2 is 2.04 bits per heavy atom. The quantitative estimate of drug-likeness (QED) is 0.712. The van der Waals surface area contributed by atoms with Crippen molar-refractivity contribution < 1.29 is 4.79 Å². The van der Waals surface area contributed by atoms with Gasteiger partial charge in [-0.25, -0.2) is 4.68 Å². The monoisotopic (exact) mass is 350 g/mol. The van der Waals surface area contributed by atoms with Crippen molar-refractivity contribution in [1.29, 1.82) is 0 Å². The van der Waals surface area contributed by atoms with E-state index in [0.29, 0.717) is 0 Å². The number of pyridine rings is 1. The van der Waals surface area contributed by atoms with Gasteiger partial charge < -0.3 is 5.32 Å². The molecule has 1 aromatic carbocycles. The van der Waals surface area contributed by atoms with Crippen molar-refractivity contribution in [3.63, 3.8) is 0 Å². The molecule has 6 heteroatoms. The summed E-state index contributed by atoms with van der Waals surface area (Å²) in [7, 11) is 0. The molecule has 1 aliphatic carbocycles. The van der Waals surface area contributed by atoms with E-state index < -0.39 is 0 Å². The van der Waals surface area contributed by atoms with Gasteiger partial charge in [0.15, 0.2) is 0 Å². The second kappa shape index (κ2) is 6.72. The summed E-state index contributed by atoms with van der Waals surface area (Å²) in [6.45, 7) is 0. The second-order valence-corrected chi connectivity index (χ2v) is 6.88. The van der Waals surface area contributed by atoms with Crippen LogP contribution in [0.3, 0.4) is 0 Å². The van der Waals surface area contributed by atoms with E-state index in [4.69, 9.17) is 0 Å². The van der Waals surface area contributed by atoms with Gasteiger partial charge in [-0.1, -0.05) is 24.3 Å². The summed E-state index contributed by atoms with van der Waals surface area (Å²) in [6.07, 6.45) is 8.24. The average Bonchev–Trinajstić information content (AvgIpc) is 3.38. The number of amides is 1. The smallest absolute Gasteiger partial charge is 0.229 e. The van der Waals surface area contributed by atoms with Gasteiger partial charge in [-0.05, 0) is 42.4 Å². The standard InChI is InChI=1S/C19H18N4OS/c1-25-17-12-21-23(14-7-3-2-4-8-14)18(17)22-19(24)16-10-15(16)13-6-5-9-20-11-13/h2-9,11-12,15-16H,10H2,1H3,(H,22,24). The molecule has 0 spiro atoms. The van der Waals surface area contributed by atoms with Crippen molar-refractivity contribution in [3.8, 4) is 5.69 Å². The molecular weight excluding hydrogens is 332 g/mol. The third kappa shape index (κ3) is 3.17. The molecule has 1 amide bonds. The molecular formula is C19H18N4OS. The van der Waals surface area contributed by atoms with Gasteiger partial charge in [-0.3, -0.25) is 9.78 Å². The molecule has 1 aliphatic rings. The minimum atomic E-state index is -0.00182. The average molecular weight is 350 g/mol. The van der Waals surface area contributed by atoms with Gasteiger partial charge in [0.25, 0.3) is 0 Å². The van der Waals surface area contributed by atoms with E-state index in [0.717, 1.165) is 28.4 Å². The van der Waals surface area contributed by atoms with Crippen molar-refractivity contribution >= 4 is 23.5 Å². The number of thioether (sulfide) groups is 1. The largest absolute Gasteiger partial charge is 0.309 e. The summed E-state index contributed by atoms with van der Waals surface area (Å²) >= 11 is 1.57. The summed E-state index contributed by atoms with van der Waals surface area (Å²) in [5, 5.41) is 7.53. The first-order chi connectivity index (χ1) is 12.3. The van der Waals surface area contributed by atoms with Gasteiger partial charge in [-0.15, -0.1) is 11.8 Å². The zero-order valence-electron chi connectivity index (χ0n) is 13.8. The maximum absolute atomic E-state index is 12.7. The maximum Gasteiger partial charge on any atom is 0.229 e. The number of hydrogen-bond acceptors (Lipinski definition) is 4. The molecule has 1 saturated carbocycles. The van der Waals surface area contributed by atoms with Crippen LogP contribution < -0.4 is 5.32 Å². The summed E-state index contributed by atoms with van der Waals surface area (Å²) in [4.78, 5) is 17.8. The first-order valence-corrected chi connectivity index (χ1v) is 9.38. The van der Waals surface area contributed by atoms with E-state index in [-0.39, 0.29) is 17.7 Å². The van der Waals surface area contributed by atoms with Crippen LogP contribution >= 0.6 is 11.8 Å². The van der Waals surface area contributed by atoms with Crippen LogP contribution in [0.2, 0.25) is 0 Å². The third-order valence-electron chi connectivity index (χ3n) is 4.44. The van der Waals surface area contributed by atoms with Crippen LogP contribution in [0.15, 0.2) is 66.0 Å². The zero-order valence-corrected chi connectivity index (χ0v) is 14.6. The number of aromatic nitrogens is 3. The molecule has 2 unspecified atom stereocenters. The van der Waals surface area contributed by atoms with E-state index in [1.165, 1.54) is 0 Å². The molecule has 0 bridgehead atoms. The van der Waals surface area contributed by atoms with E-state index in [1.54, 1.807) is 28.8 Å². The Kier molecular flexibility index (Phi) is 4.28. The Labute approximate surface area is 150 Å². The van der Waals surface area contributed by atoms with E-state index >= 15 is 0 Å². The Morgan fingerprint density at radius 3 is 2.76 bits per heavy atom. The number of anilines is 1. The number of para-hydroxylation sites is 1. The summed E-state index contributed by atoms with van der Waals surface area (Å²) in [5.74, 6) is 1.04. The van der Waals surface area contributed by atoms with Gasteiger partial charge in [0, 0.05) is 18.3 Å². The van der Waals surface area contributed by atoms with Crippen LogP contribution in [-0.2, 0) is 4.79 Å². The van der Waals surface area contributed by atoms with Crippen molar-refractivity contribution in [2.45, 2.75) is 17.2 Å². The van der Waals surface area contributed by atoms with E-state index in [1.807, 2.05) is 54.9 Å². The fraction of sp³-hybridized carbons (Fsp3) is 0.211. The van der Waals surface area contributed by atoms with Crippen molar-refractivity contribution in [2.24, 2.45) is 5.92 Å². The van der Waals surface area contributed by atoms with Gasteiger partial charge >= 0.3 is 0 Å². The summed E-state index contributed by atoms with van der Waals surface area (Å²) in [6, 6.07) is 13.8. The molecule has 2 atom stereocenters. The minimum absolute atomic E-state index is 0.00182.